The first-order valence-corrected chi connectivity index (χ1v) is 6.93. The largest absolute Gasteiger partial charge is 0.481 e. The third-order valence-electron chi connectivity index (χ3n) is 3.24. The molecule has 0 spiro atoms. The normalized spacial score (nSPS) is 19.4. The van der Waals surface area contributed by atoms with E-state index in [0.717, 1.165) is 51.5 Å². The maximum absolute atomic E-state index is 11.7. The highest BCUT2D eigenvalue weighted by Crippen LogP contribution is 2.07. The number of aliphatic carboxylic acids is 1. The summed E-state index contributed by atoms with van der Waals surface area (Å²) >= 11 is 0. The Morgan fingerprint density at radius 1 is 1.17 bits per heavy atom. The SMILES string of the molecule is O=C(O)CCCCCCNC(=O)[C@@H]1CCCCN1. The van der Waals surface area contributed by atoms with Crippen LogP contribution >= 0.6 is 0 Å². The summed E-state index contributed by atoms with van der Waals surface area (Å²) in [4.78, 5) is 22.0. The molecule has 0 radical (unpaired) electrons. The number of carboxylic acids is 1. The van der Waals surface area contributed by atoms with Gasteiger partial charge in [-0.1, -0.05) is 19.3 Å². The topological polar surface area (TPSA) is 78.4 Å². The first kappa shape index (κ1) is 15.0. The zero-order chi connectivity index (χ0) is 13.2. The minimum Gasteiger partial charge on any atom is -0.481 e. The van der Waals surface area contributed by atoms with Crippen molar-refractivity contribution in [3.05, 3.63) is 0 Å². The van der Waals surface area contributed by atoms with Gasteiger partial charge in [0, 0.05) is 13.0 Å². The standard InChI is InChI=1S/C13H24N2O3/c16-12(17)8-3-1-2-5-10-15-13(18)11-7-4-6-9-14-11/h11,14H,1-10H2,(H,15,18)(H,16,17)/t11-/m0/s1. The van der Waals surface area contributed by atoms with Gasteiger partial charge in [0.1, 0.15) is 0 Å². The molecule has 0 aromatic rings. The number of rotatable bonds is 8. The van der Waals surface area contributed by atoms with Crippen molar-refractivity contribution in [1.82, 2.24) is 10.6 Å². The second kappa shape index (κ2) is 8.91. The summed E-state index contributed by atoms with van der Waals surface area (Å²) in [5, 5.41) is 14.6. The number of amides is 1. The molecule has 3 N–H and O–H groups in total. The Bertz CT molecular complexity index is 263. The van der Waals surface area contributed by atoms with Crippen molar-refractivity contribution in [2.45, 2.75) is 57.4 Å². The van der Waals surface area contributed by atoms with E-state index in [1.54, 1.807) is 0 Å². The molecule has 1 amide bonds. The second-order valence-electron chi connectivity index (χ2n) is 4.85. The summed E-state index contributed by atoms with van der Waals surface area (Å²) < 4.78 is 0. The average molecular weight is 256 g/mol. The molecule has 1 aliphatic heterocycles. The van der Waals surface area contributed by atoms with Crippen molar-refractivity contribution >= 4 is 11.9 Å². The lowest BCUT2D eigenvalue weighted by Gasteiger charge is -2.22. The molecule has 18 heavy (non-hydrogen) atoms. The summed E-state index contributed by atoms with van der Waals surface area (Å²) in [5.74, 6) is -0.619. The number of hydrogen-bond donors (Lipinski definition) is 3. The second-order valence-corrected chi connectivity index (χ2v) is 4.85. The Labute approximate surface area is 108 Å². The molecule has 0 aromatic carbocycles. The summed E-state index contributed by atoms with van der Waals surface area (Å²) in [7, 11) is 0. The van der Waals surface area contributed by atoms with Crippen molar-refractivity contribution in [2.24, 2.45) is 0 Å². The molecule has 1 rings (SSSR count). The third kappa shape index (κ3) is 6.59. The number of hydrogen-bond acceptors (Lipinski definition) is 3. The van der Waals surface area contributed by atoms with E-state index in [9.17, 15) is 9.59 Å². The molecule has 0 saturated carbocycles. The lowest BCUT2D eigenvalue weighted by molar-refractivity contribution is -0.137. The lowest BCUT2D eigenvalue weighted by Crippen LogP contribution is -2.46. The molecule has 1 aliphatic rings. The number of piperidine rings is 1. The van der Waals surface area contributed by atoms with Gasteiger partial charge >= 0.3 is 5.97 Å². The van der Waals surface area contributed by atoms with E-state index in [-0.39, 0.29) is 18.4 Å². The van der Waals surface area contributed by atoms with E-state index in [2.05, 4.69) is 10.6 Å². The molecule has 0 bridgehead atoms. The number of nitrogens with one attached hydrogen (secondary N) is 2. The van der Waals surface area contributed by atoms with Gasteiger partial charge in [0.25, 0.3) is 0 Å². The van der Waals surface area contributed by atoms with E-state index >= 15 is 0 Å². The van der Waals surface area contributed by atoms with E-state index < -0.39 is 5.97 Å². The van der Waals surface area contributed by atoms with Gasteiger partial charge in [0.2, 0.25) is 5.91 Å². The van der Waals surface area contributed by atoms with Gasteiger partial charge in [-0.05, 0) is 32.2 Å². The smallest absolute Gasteiger partial charge is 0.303 e. The zero-order valence-electron chi connectivity index (χ0n) is 10.9. The summed E-state index contributed by atoms with van der Waals surface area (Å²) in [6.45, 7) is 1.64. The number of carbonyl (C=O) groups excluding carboxylic acids is 1. The molecule has 0 aliphatic carbocycles. The van der Waals surface area contributed by atoms with Gasteiger partial charge in [0.05, 0.1) is 6.04 Å². The molecule has 104 valence electrons. The monoisotopic (exact) mass is 256 g/mol. The van der Waals surface area contributed by atoms with Crippen LogP contribution in [-0.4, -0.2) is 36.1 Å². The first-order valence-electron chi connectivity index (χ1n) is 6.93. The predicted molar refractivity (Wildman–Crippen MR) is 69.4 cm³/mol. The summed E-state index contributed by atoms with van der Waals surface area (Å²) in [6, 6.07) is -0.00856. The van der Waals surface area contributed by atoms with Crippen LogP contribution in [0, 0.1) is 0 Å². The molecule has 1 atom stereocenters. The van der Waals surface area contributed by atoms with Gasteiger partial charge < -0.3 is 15.7 Å². The molecule has 1 saturated heterocycles. The third-order valence-corrected chi connectivity index (χ3v) is 3.24. The number of carbonyl (C=O) groups is 2. The van der Waals surface area contributed by atoms with Crippen molar-refractivity contribution in [2.75, 3.05) is 13.1 Å². The highest BCUT2D eigenvalue weighted by molar-refractivity contribution is 5.81. The molecule has 5 nitrogen and oxygen atoms in total. The van der Waals surface area contributed by atoms with Crippen LogP contribution < -0.4 is 10.6 Å². The van der Waals surface area contributed by atoms with Crippen LogP contribution in [0.5, 0.6) is 0 Å². The Hall–Kier alpha value is -1.10. The van der Waals surface area contributed by atoms with Crippen LogP contribution in [-0.2, 0) is 9.59 Å². The van der Waals surface area contributed by atoms with Crippen molar-refractivity contribution in [3.63, 3.8) is 0 Å². The maximum atomic E-state index is 11.7. The van der Waals surface area contributed by atoms with E-state index in [0.29, 0.717) is 6.54 Å². The minimum absolute atomic E-state index is 0.00856. The van der Waals surface area contributed by atoms with Gasteiger partial charge in [-0.2, -0.15) is 0 Å². The van der Waals surface area contributed by atoms with E-state index in [1.165, 1.54) is 0 Å². The van der Waals surface area contributed by atoms with Crippen molar-refractivity contribution in [3.8, 4) is 0 Å². The van der Waals surface area contributed by atoms with Gasteiger partial charge in [-0.3, -0.25) is 9.59 Å². The van der Waals surface area contributed by atoms with Crippen LogP contribution in [0.4, 0.5) is 0 Å². The van der Waals surface area contributed by atoms with Crippen molar-refractivity contribution in [1.29, 1.82) is 0 Å². The van der Waals surface area contributed by atoms with Crippen molar-refractivity contribution < 1.29 is 14.7 Å². The van der Waals surface area contributed by atoms with Gasteiger partial charge in [-0.25, -0.2) is 0 Å². The van der Waals surface area contributed by atoms with Crippen LogP contribution in [0.15, 0.2) is 0 Å². The lowest BCUT2D eigenvalue weighted by atomic mass is 10.0. The maximum Gasteiger partial charge on any atom is 0.303 e. The Balaban J connectivity index is 1.93. The van der Waals surface area contributed by atoms with Crippen LogP contribution in [0.3, 0.4) is 0 Å². The molecule has 0 unspecified atom stereocenters. The Morgan fingerprint density at radius 2 is 1.94 bits per heavy atom. The average Bonchev–Trinajstić information content (AvgIpc) is 2.38. The molecule has 1 heterocycles. The Kier molecular flexibility index (Phi) is 7.41. The molecular formula is C13H24N2O3. The fourth-order valence-electron chi connectivity index (χ4n) is 2.17. The highest BCUT2D eigenvalue weighted by atomic mass is 16.4. The summed E-state index contributed by atoms with van der Waals surface area (Å²) in [6.07, 6.45) is 7.03. The number of carboxylic acid groups (broad SMARTS) is 1. The van der Waals surface area contributed by atoms with Gasteiger partial charge in [0.15, 0.2) is 0 Å². The highest BCUT2D eigenvalue weighted by Gasteiger charge is 2.19. The van der Waals surface area contributed by atoms with Crippen LogP contribution in [0.2, 0.25) is 0 Å². The van der Waals surface area contributed by atoms with Gasteiger partial charge in [-0.15, -0.1) is 0 Å². The number of unbranched alkanes of at least 4 members (excludes halogenated alkanes) is 3. The fraction of sp³-hybridized carbons (Fsp3) is 0.846. The quantitative estimate of drug-likeness (QED) is 0.572. The zero-order valence-corrected chi connectivity index (χ0v) is 10.9. The van der Waals surface area contributed by atoms with E-state index in [4.69, 9.17) is 5.11 Å². The minimum atomic E-state index is -0.730. The van der Waals surface area contributed by atoms with E-state index in [1.807, 2.05) is 0 Å². The van der Waals surface area contributed by atoms with Crippen LogP contribution in [0.25, 0.3) is 0 Å². The molecule has 1 fully saturated rings. The molecule has 5 heteroatoms. The molecule has 0 aromatic heterocycles. The molecular weight excluding hydrogens is 232 g/mol. The Morgan fingerprint density at radius 3 is 2.61 bits per heavy atom. The first-order chi connectivity index (χ1) is 8.70. The fourth-order valence-corrected chi connectivity index (χ4v) is 2.17. The predicted octanol–water partition coefficient (Wildman–Crippen LogP) is 1.28. The summed E-state index contributed by atoms with van der Waals surface area (Å²) in [5.41, 5.74) is 0. The van der Waals surface area contributed by atoms with Crippen LogP contribution in [0.1, 0.15) is 51.4 Å².